The van der Waals surface area contributed by atoms with Gasteiger partial charge in [-0.2, -0.15) is 0 Å². The Hall–Kier alpha value is -2.84. The van der Waals surface area contributed by atoms with Gasteiger partial charge in [0.05, 0.1) is 10.2 Å². The highest BCUT2D eigenvalue weighted by molar-refractivity contribution is 7.16. The Morgan fingerprint density at radius 1 is 1.00 bits per heavy atom. The van der Waals surface area contributed by atoms with Gasteiger partial charge in [-0.25, -0.2) is 0 Å². The summed E-state index contributed by atoms with van der Waals surface area (Å²) in [5, 5.41) is 0. The number of aromatic nitrogens is 1. The second kappa shape index (κ2) is 7.53. The van der Waals surface area contributed by atoms with Gasteiger partial charge in [0.1, 0.15) is 6.54 Å². The van der Waals surface area contributed by atoms with Crippen molar-refractivity contribution in [3.8, 4) is 11.5 Å². The summed E-state index contributed by atoms with van der Waals surface area (Å²) in [6.45, 7) is 4.14. The largest absolute Gasteiger partial charge is 0.454 e. The average molecular weight is 411 g/mol. The molecular formula is C21H21N3O4S. The number of hydrogen-bond donors (Lipinski definition) is 0. The Morgan fingerprint density at radius 2 is 1.79 bits per heavy atom. The van der Waals surface area contributed by atoms with Crippen LogP contribution in [-0.2, 0) is 17.9 Å². The summed E-state index contributed by atoms with van der Waals surface area (Å²) < 4.78 is 13.3. The Morgan fingerprint density at radius 3 is 2.66 bits per heavy atom. The third kappa shape index (κ3) is 3.61. The molecular weight excluding hydrogens is 390 g/mol. The van der Waals surface area contributed by atoms with E-state index in [9.17, 15) is 9.59 Å². The zero-order valence-electron chi connectivity index (χ0n) is 15.9. The topological polar surface area (TPSA) is 64.0 Å². The minimum absolute atomic E-state index is 0.00150. The summed E-state index contributed by atoms with van der Waals surface area (Å²) in [5.41, 5.74) is 2.00. The molecule has 0 atom stereocenters. The summed E-state index contributed by atoms with van der Waals surface area (Å²) in [4.78, 5) is 29.2. The van der Waals surface area contributed by atoms with Crippen LogP contribution in [0.5, 0.6) is 11.5 Å². The molecule has 29 heavy (non-hydrogen) atoms. The second-order valence-corrected chi connectivity index (χ2v) is 8.26. The Labute approximate surface area is 171 Å². The molecule has 1 aromatic heterocycles. The fourth-order valence-electron chi connectivity index (χ4n) is 3.85. The van der Waals surface area contributed by atoms with Crippen LogP contribution < -0.4 is 14.3 Å². The molecule has 0 radical (unpaired) electrons. The van der Waals surface area contributed by atoms with Crippen molar-refractivity contribution < 1.29 is 14.3 Å². The molecule has 0 saturated carbocycles. The normalized spacial score (nSPS) is 16.5. The average Bonchev–Trinajstić information content (AvgIpc) is 3.32. The first-order valence-corrected chi connectivity index (χ1v) is 10.5. The van der Waals surface area contributed by atoms with Gasteiger partial charge in [0.25, 0.3) is 0 Å². The minimum atomic E-state index is -0.0824. The molecule has 0 bridgehead atoms. The van der Waals surface area contributed by atoms with E-state index in [1.54, 1.807) is 4.57 Å². The van der Waals surface area contributed by atoms with Crippen molar-refractivity contribution in [1.82, 2.24) is 14.4 Å². The molecule has 0 unspecified atom stereocenters. The van der Waals surface area contributed by atoms with Crippen molar-refractivity contribution in [3.05, 3.63) is 57.7 Å². The van der Waals surface area contributed by atoms with E-state index >= 15 is 0 Å². The highest BCUT2D eigenvalue weighted by Crippen LogP contribution is 2.32. The predicted molar refractivity (Wildman–Crippen MR) is 111 cm³/mol. The zero-order chi connectivity index (χ0) is 19.8. The Kier molecular flexibility index (Phi) is 4.73. The van der Waals surface area contributed by atoms with Crippen LogP contribution in [0, 0.1) is 0 Å². The van der Waals surface area contributed by atoms with Crippen LogP contribution >= 0.6 is 11.3 Å². The number of para-hydroxylation sites is 1. The molecule has 0 N–H and O–H groups in total. The van der Waals surface area contributed by atoms with Gasteiger partial charge in [-0.3, -0.25) is 19.1 Å². The van der Waals surface area contributed by atoms with Gasteiger partial charge in [-0.1, -0.05) is 29.5 Å². The highest BCUT2D eigenvalue weighted by Gasteiger charge is 2.23. The summed E-state index contributed by atoms with van der Waals surface area (Å²) >= 11 is 1.19. The van der Waals surface area contributed by atoms with Crippen molar-refractivity contribution in [2.75, 3.05) is 33.0 Å². The lowest BCUT2D eigenvalue weighted by Gasteiger charge is -2.34. The number of thiazole rings is 1. The van der Waals surface area contributed by atoms with Crippen LogP contribution in [0.25, 0.3) is 10.2 Å². The van der Waals surface area contributed by atoms with Gasteiger partial charge in [0, 0.05) is 32.7 Å². The maximum absolute atomic E-state index is 12.8. The van der Waals surface area contributed by atoms with Crippen LogP contribution in [0.15, 0.2) is 47.3 Å². The number of ether oxygens (including phenoxy) is 2. The van der Waals surface area contributed by atoms with E-state index in [4.69, 9.17) is 9.47 Å². The van der Waals surface area contributed by atoms with E-state index in [0.717, 1.165) is 41.3 Å². The van der Waals surface area contributed by atoms with E-state index in [1.165, 1.54) is 16.9 Å². The molecule has 0 aliphatic carbocycles. The van der Waals surface area contributed by atoms with Gasteiger partial charge < -0.3 is 14.4 Å². The van der Waals surface area contributed by atoms with E-state index in [2.05, 4.69) is 11.0 Å². The molecule has 1 fully saturated rings. The van der Waals surface area contributed by atoms with Gasteiger partial charge >= 0.3 is 4.87 Å². The minimum Gasteiger partial charge on any atom is -0.454 e. The fraction of sp³-hybridized carbons (Fsp3) is 0.333. The van der Waals surface area contributed by atoms with Crippen molar-refractivity contribution >= 4 is 27.5 Å². The number of amides is 1. The maximum Gasteiger partial charge on any atom is 0.308 e. The van der Waals surface area contributed by atoms with Crippen LogP contribution in [0.1, 0.15) is 5.56 Å². The quantitative estimate of drug-likeness (QED) is 0.658. The summed E-state index contributed by atoms with van der Waals surface area (Å²) in [6.07, 6.45) is 0. The van der Waals surface area contributed by atoms with Crippen LogP contribution in [0.4, 0.5) is 0 Å². The molecule has 2 aromatic carbocycles. The van der Waals surface area contributed by atoms with Gasteiger partial charge in [-0.15, -0.1) is 0 Å². The van der Waals surface area contributed by atoms with Gasteiger partial charge in [0.2, 0.25) is 12.7 Å². The lowest BCUT2D eigenvalue weighted by molar-refractivity contribution is -0.133. The van der Waals surface area contributed by atoms with Crippen LogP contribution in [-0.4, -0.2) is 53.2 Å². The number of fused-ring (bicyclic) bond motifs is 2. The van der Waals surface area contributed by atoms with Crippen molar-refractivity contribution in [2.24, 2.45) is 0 Å². The molecule has 3 aromatic rings. The maximum atomic E-state index is 12.8. The van der Waals surface area contributed by atoms with E-state index in [-0.39, 0.29) is 24.1 Å². The number of rotatable bonds is 4. The van der Waals surface area contributed by atoms with Crippen molar-refractivity contribution in [3.63, 3.8) is 0 Å². The molecule has 2 aliphatic rings. The third-order valence-electron chi connectivity index (χ3n) is 5.44. The number of carbonyl (C=O) groups excluding carboxylic acids is 1. The second-order valence-electron chi connectivity index (χ2n) is 7.27. The predicted octanol–water partition coefficient (Wildman–Crippen LogP) is 2.14. The third-order valence-corrected chi connectivity index (χ3v) is 6.40. The smallest absolute Gasteiger partial charge is 0.308 e. The standard InChI is InChI=1S/C21H21N3O4S/c25-20(13-24-16-3-1-2-4-19(16)29-21(24)26)23-9-7-22(8-10-23)12-15-5-6-17-18(11-15)28-14-27-17/h1-6,11H,7-10,12-14H2. The summed E-state index contributed by atoms with van der Waals surface area (Å²) in [6, 6.07) is 13.6. The van der Waals surface area contributed by atoms with Gasteiger partial charge in [0.15, 0.2) is 11.5 Å². The fourth-order valence-corrected chi connectivity index (χ4v) is 4.74. The zero-order valence-corrected chi connectivity index (χ0v) is 16.7. The van der Waals surface area contributed by atoms with E-state index < -0.39 is 0 Å². The number of hydrogen-bond acceptors (Lipinski definition) is 6. The first-order chi connectivity index (χ1) is 14.2. The SMILES string of the molecule is O=C(Cn1c(=O)sc2ccccc21)N1CCN(Cc2ccc3c(c2)OCO3)CC1. The number of nitrogens with zero attached hydrogens (tertiary/aromatic N) is 3. The summed E-state index contributed by atoms with van der Waals surface area (Å²) in [7, 11) is 0. The van der Waals surface area contributed by atoms with E-state index in [1.807, 2.05) is 41.3 Å². The first kappa shape index (κ1) is 18.2. The molecule has 8 heteroatoms. The molecule has 0 spiro atoms. The molecule has 3 heterocycles. The summed E-state index contributed by atoms with van der Waals surface area (Å²) in [5.74, 6) is 1.59. The Balaban J connectivity index is 1.20. The van der Waals surface area contributed by atoms with Crippen LogP contribution in [0.3, 0.4) is 0 Å². The molecule has 5 rings (SSSR count). The Bertz CT molecular complexity index is 1110. The van der Waals surface area contributed by atoms with Gasteiger partial charge in [-0.05, 0) is 29.8 Å². The molecule has 150 valence electrons. The number of carbonyl (C=O) groups is 1. The van der Waals surface area contributed by atoms with Crippen molar-refractivity contribution in [2.45, 2.75) is 13.1 Å². The molecule has 7 nitrogen and oxygen atoms in total. The van der Waals surface area contributed by atoms with E-state index in [0.29, 0.717) is 13.1 Å². The first-order valence-electron chi connectivity index (χ1n) is 9.64. The lowest BCUT2D eigenvalue weighted by atomic mass is 10.1. The van der Waals surface area contributed by atoms with Crippen LogP contribution in [0.2, 0.25) is 0 Å². The molecule has 1 amide bonds. The lowest BCUT2D eigenvalue weighted by Crippen LogP contribution is -2.49. The molecule has 2 aliphatic heterocycles. The highest BCUT2D eigenvalue weighted by atomic mass is 32.1. The monoisotopic (exact) mass is 411 g/mol. The number of benzene rings is 2. The molecule has 1 saturated heterocycles. The van der Waals surface area contributed by atoms with Crippen molar-refractivity contribution in [1.29, 1.82) is 0 Å². The number of piperazine rings is 1.